The lowest BCUT2D eigenvalue weighted by molar-refractivity contribution is 0.669. The maximum Gasteiger partial charge on any atom is 0.136 e. The van der Waals surface area contributed by atoms with Crippen LogP contribution in [0.5, 0.6) is 0 Å². The summed E-state index contributed by atoms with van der Waals surface area (Å²) in [5.74, 6) is 0. The Kier molecular flexibility index (Phi) is 6.02. The predicted molar refractivity (Wildman–Crippen MR) is 218 cm³/mol. The molecule has 51 heavy (non-hydrogen) atoms. The Labute approximate surface area is 294 Å². The summed E-state index contributed by atoms with van der Waals surface area (Å²) in [5, 5.41) is 14.9. The Balaban J connectivity index is 1.13. The van der Waals surface area contributed by atoms with Crippen LogP contribution in [0.3, 0.4) is 0 Å². The average Bonchev–Trinajstić information content (AvgIpc) is 3.59. The van der Waals surface area contributed by atoms with E-state index in [-0.39, 0.29) is 0 Å². The summed E-state index contributed by atoms with van der Waals surface area (Å²) >= 11 is 0. The molecular weight excluding hydrogens is 617 g/mol. The van der Waals surface area contributed by atoms with Gasteiger partial charge in [0.05, 0.1) is 0 Å². The molecule has 0 saturated carbocycles. The first-order valence-corrected chi connectivity index (χ1v) is 17.6. The van der Waals surface area contributed by atoms with E-state index in [1.54, 1.807) is 0 Å². The van der Waals surface area contributed by atoms with Crippen molar-refractivity contribution in [3.05, 3.63) is 182 Å². The summed E-state index contributed by atoms with van der Waals surface area (Å²) in [7, 11) is 0. The molecule has 1 nitrogen and oxygen atoms in total. The van der Waals surface area contributed by atoms with Gasteiger partial charge in [0.2, 0.25) is 0 Å². The molecule has 0 aliphatic rings. The number of benzene rings is 10. The minimum absolute atomic E-state index is 0.914. The lowest BCUT2D eigenvalue weighted by Gasteiger charge is -2.19. The highest BCUT2D eigenvalue weighted by atomic mass is 16.3. The van der Waals surface area contributed by atoms with E-state index in [1.807, 2.05) is 0 Å². The molecule has 10 aromatic carbocycles. The van der Waals surface area contributed by atoms with Crippen LogP contribution in [-0.4, -0.2) is 0 Å². The summed E-state index contributed by atoms with van der Waals surface area (Å²) in [5.41, 5.74) is 9.21. The van der Waals surface area contributed by atoms with E-state index in [4.69, 9.17) is 4.42 Å². The van der Waals surface area contributed by atoms with E-state index < -0.39 is 0 Å². The molecule has 0 N–H and O–H groups in total. The third kappa shape index (κ3) is 4.16. The van der Waals surface area contributed by atoms with Crippen LogP contribution in [0, 0.1) is 0 Å². The molecule has 0 fully saturated rings. The molecule has 236 valence electrons. The second-order valence-corrected chi connectivity index (χ2v) is 13.5. The van der Waals surface area contributed by atoms with Crippen LogP contribution < -0.4 is 0 Å². The number of fused-ring (bicyclic) bond motifs is 10. The number of hydrogen-bond donors (Lipinski definition) is 0. The normalized spacial score (nSPS) is 11.9. The van der Waals surface area contributed by atoms with Crippen molar-refractivity contribution >= 4 is 75.8 Å². The third-order valence-electron chi connectivity index (χ3n) is 10.9. The minimum atomic E-state index is 0.914. The molecule has 11 aromatic rings. The monoisotopic (exact) mass is 646 g/mol. The molecule has 0 amide bonds. The lowest BCUT2D eigenvalue weighted by Crippen LogP contribution is -1.92. The Hall–Kier alpha value is -6.70. The van der Waals surface area contributed by atoms with Gasteiger partial charge in [-0.2, -0.15) is 0 Å². The van der Waals surface area contributed by atoms with E-state index in [1.165, 1.54) is 98.0 Å². The van der Waals surface area contributed by atoms with E-state index in [9.17, 15) is 0 Å². The van der Waals surface area contributed by atoms with E-state index in [0.29, 0.717) is 0 Å². The van der Waals surface area contributed by atoms with Gasteiger partial charge in [-0.05, 0) is 99.4 Å². The highest BCUT2D eigenvalue weighted by Gasteiger charge is 2.19. The Morgan fingerprint density at radius 1 is 0.255 bits per heavy atom. The molecule has 11 rings (SSSR count). The topological polar surface area (TPSA) is 13.1 Å². The molecular formula is C50H30O. The van der Waals surface area contributed by atoms with Gasteiger partial charge in [0.15, 0.2) is 0 Å². The van der Waals surface area contributed by atoms with Crippen LogP contribution >= 0.6 is 0 Å². The van der Waals surface area contributed by atoms with Gasteiger partial charge >= 0.3 is 0 Å². The number of rotatable bonds is 3. The molecule has 0 aliphatic heterocycles. The fourth-order valence-corrected chi connectivity index (χ4v) is 8.63. The molecule has 0 saturated heterocycles. The maximum atomic E-state index is 6.41. The van der Waals surface area contributed by atoms with Crippen LogP contribution in [0.1, 0.15) is 0 Å². The van der Waals surface area contributed by atoms with Gasteiger partial charge < -0.3 is 4.42 Å². The van der Waals surface area contributed by atoms with Crippen molar-refractivity contribution < 1.29 is 4.42 Å². The van der Waals surface area contributed by atoms with Crippen molar-refractivity contribution in [3.8, 4) is 33.4 Å². The molecule has 0 radical (unpaired) electrons. The van der Waals surface area contributed by atoms with Crippen LogP contribution in [0.25, 0.3) is 109 Å². The summed E-state index contributed by atoms with van der Waals surface area (Å²) in [4.78, 5) is 0. The highest BCUT2D eigenvalue weighted by molar-refractivity contribution is 6.25. The smallest absolute Gasteiger partial charge is 0.136 e. The quantitative estimate of drug-likeness (QED) is 0.138. The largest absolute Gasteiger partial charge is 0.456 e. The van der Waals surface area contributed by atoms with Crippen LogP contribution in [-0.2, 0) is 0 Å². The summed E-state index contributed by atoms with van der Waals surface area (Å²) in [6.45, 7) is 0. The second kappa shape index (κ2) is 10.9. The van der Waals surface area contributed by atoms with E-state index >= 15 is 0 Å². The van der Waals surface area contributed by atoms with Crippen LogP contribution in [0.15, 0.2) is 186 Å². The lowest BCUT2D eigenvalue weighted by atomic mass is 9.84. The first-order valence-electron chi connectivity index (χ1n) is 17.6. The van der Waals surface area contributed by atoms with Gasteiger partial charge in [0, 0.05) is 10.8 Å². The molecule has 0 unspecified atom stereocenters. The van der Waals surface area contributed by atoms with E-state index in [2.05, 4.69) is 182 Å². The second-order valence-electron chi connectivity index (χ2n) is 13.5. The van der Waals surface area contributed by atoms with Crippen molar-refractivity contribution in [1.29, 1.82) is 0 Å². The van der Waals surface area contributed by atoms with Gasteiger partial charge in [0.25, 0.3) is 0 Å². The van der Waals surface area contributed by atoms with Gasteiger partial charge in [-0.25, -0.2) is 0 Å². The third-order valence-corrected chi connectivity index (χ3v) is 10.9. The fraction of sp³-hybridized carbons (Fsp3) is 0. The van der Waals surface area contributed by atoms with Crippen molar-refractivity contribution in [2.24, 2.45) is 0 Å². The number of hydrogen-bond acceptors (Lipinski definition) is 1. The molecule has 0 bridgehead atoms. The zero-order valence-electron chi connectivity index (χ0n) is 27.7. The van der Waals surface area contributed by atoms with Crippen LogP contribution in [0.2, 0.25) is 0 Å². The Bertz CT molecular complexity index is 3120. The van der Waals surface area contributed by atoms with Crippen molar-refractivity contribution in [2.75, 3.05) is 0 Å². The van der Waals surface area contributed by atoms with Gasteiger partial charge in [-0.3, -0.25) is 0 Å². The molecule has 1 aromatic heterocycles. The fourth-order valence-electron chi connectivity index (χ4n) is 8.63. The van der Waals surface area contributed by atoms with Crippen molar-refractivity contribution in [3.63, 3.8) is 0 Å². The molecule has 0 spiro atoms. The maximum absolute atomic E-state index is 6.41. The van der Waals surface area contributed by atoms with E-state index in [0.717, 1.165) is 11.2 Å². The molecule has 1 heteroatoms. The standard InChI is InChI=1S/C50H30O/c1-3-13-35-31(11-1)27-29-39-38(35)20-9-21-40(39)48-43-17-7-5-15-41(43)47(42-16-6-8-18-44(42)48)34-25-23-33(24-26-34)37-19-10-22-45-49(37)50-36-14-4-2-12-32(36)28-30-46(50)51-45/h1-30H. The highest BCUT2D eigenvalue weighted by Crippen LogP contribution is 2.47. The summed E-state index contributed by atoms with van der Waals surface area (Å²) in [6.07, 6.45) is 0. The Morgan fingerprint density at radius 2 is 0.765 bits per heavy atom. The summed E-state index contributed by atoms with van der Waals surface area (Å²) < 4.78 is 6.41. The average molecular weight is 647 g/mol. The van der Waals surface area contributed by atoms with Crippen LogP contribution in [0.4, 0.5) is 0 Å². The van der Waals surface area contributed by atoms with Crippen molar-refractivity contribution in [1.82, 2.24) is 0 Å². The molecule has 0 aliphatic carbocycles. The zero-order valence-corrected chi connectivity index (χ0v) is 27.7. The predicted octanol–water partition coefficient (Wildman–Crippen LogP) is 14.4. The SMILES string of the molecule is c1ccc2c(c1)ccc1c(-c3c4ccccc4c(-c4ccc(-c5cccc6oc7ccc8ccccc8c7c56)cc4)c4ccccc34)cccc12. The number of furan rings is 1. The molecule has 1 heterocycles. The first kappa shape index (κ1) is 28.2. The van der Waals surface area contributed by atoms with Gasteiger partial charge in [-0.15, -0.1) is 0 Å². The summed E-state index contributed by atoms with van der Waals surface area (Å²) in [6, 6.07) is 66.3. The van der Waals surface area contributed by atoms with Gasteiger partial charge in [0.1, 0.15) is 11.2 Å². The van der Waals surface area contributed by atoms with Gasteiger partial charge in [-0.1, -0.05) is 170 Å². The minimum Gasteiger partial charge on any atom is -0.456 e. The van der Waals surface area contributed by atoms with Crippen molar-refractivity contribution in [2.45, 2.75) is 0 Å². The Morgan fingerprint density at radius 3 is 1.49 bits per heavy atom. The molecule has 0 atom stereocenters. The zero-order chi connectivity index (χ0) is 33.5. The first-order chi connectivity index (χ1) is 25.3.